The van der Waals surface area contributed by atoms with Gasteiger partial charge in [0.2, 0.25) is 5.91 Å². The maximum absolute atomic E-state index is 11.7. The summed E-state index contributed by atoms with van der Waals surface area (Å²) in [5, 5.41) is 5.03. The molecule has 0 aromatic carbocycles. The average Bonchev–Trinajstić information content (AvgIpc) is 2.37. The van der Waals surface area contributed by atoms with Crippen LogP contribution in [-0.2, 0) is 9.53 Å². The molecule has 0 saturated carbocycles. The van der Waals surface area contributed by atoms with Gasteiger partial charge in [0.1, 0.15) is 0 Å². The third-order valence-corrected chi connectivity index (χ3v) is 2.14. The van der Waals surface area contributed by atoms with E-state index in [0.29, 0.717) is 18.8 Å². The van der Waals surface area contributed by atoms with Gasteiger partial charge in [-0.1, -0.05) is 0 Å². The highest BCUT2D eigenvalue weighted by molar-refractivity contribution is 6.00. The lowest BCUT2D eigenvalue weighted by Gasteiger charge is -2.07. The number of amides is 2. The maximum Gasteiger partial charge on any atom is 0.255 e. The van der Waals surface area contributed by atoms with E-state index in [9.17, 15) is 9.59 Å². The van der Waals surface area contributed by atoms with E-state index < -0.39 is 5.91 Å². The highest BCUT2D eigenvalue weighted by atomic mass is 16.5. The van der Waals surface area contributed by atoms with Gasteiger partial charge in [-0.3, -0.25) is 14.6 Å². The van der Waals surface area contributed by atoms with Crippen molar-refractivity contribution in [1.29, 1.82) is 0 Å². The van der Waals surface area contributed by atoms with Gasteiger partial charge in [0.15, 0.2) is 0 Å². The summed E-state index contributed by atoms with van der Waals surface area (Å²) in [7, 11) is 1.54. The third kappa shape index (κ3) is 4.38. The van der Waals surface area contributed by atoms with E-state index in [1.807, 2.05) is 0 Å². The van der Waals surface area contributed by atoms with E-state index in [1.165, 1.54) is 18.5 Å². The molecule has 2 amide bonds. The van der Waals surface area contributed by atoms with Crippen LogP contribution in [0.15, 0.2) is 18.5 Å². The molecule has 98 valence electrons. The summed E-state index contributed by atoms with van der Waals surface area (Å²) in [4.78, 5) is 26.8. The molecule has 0 unspecified atom stereocenters. The standard InChI is InChI=1S/C11H16N4O3/c1-18-5-4-14-10(16)7-15-11(17)8-6-13-3-2-9(8)12/h2-3,6H,4-5,7H2,1H3,(H2,12,13)(H,14,16)(H,15,17). The van der Waals surface area contributed by atoms with Gasteiger partial charge in [-0.2, -0.15) is 0 Å². The van der Waals surface area contributed by atoms with Crippen LogP contribution in [0.3, 0.4) is 0 Å². The fourth-order valence-corrected chi connectivity index (χ4v) is 1.21. The lowest BCUT2D eigenvalue weighted by Crippen LogP contribution is -2.38. The van der Waals surface area contributed by atoms with Crippen molar-refractivity contribution >= 4 is 17.5 Å². The first-order valence-corrected chi connectivity index (χ1v) is 5.38. The van der Waals surface area contributed by atoms with E-state index in [-0.39, 0.29) is 18.0 Å². The van der Waals surface area contributed by atoms with Gasteiger partial charge in [-0.25, -0.2) is 0 Å². The monoisotopic (exact) mass is 252 g/mol. The molecule has 0 saturated heterocycles. The van der Waals surface area contributed by atoms with E-state index >= 15 is 0 Å². The summed E-state index contributed by atoms with van der Waals surface area (Å²) in [6, 6.07) is 1.52. The predicted molar refractivity (Wildman–Crippen MR) is 65.9 cm³/mol. The molecule has 0 fully saturated rings. The number of nitrogens with two attached hydrogens (primary N) is 1. The Hall–Kier alpha value is -2.15. The van der Waals surface area contributed by atoms with Crippen molar-refractivity contribution in [2.45, 2.75) is 0 Å². The van der Waals surface area contributed by atoms with Crippen LogP contribution < -0.4 is 16.4 Å². The molecule has 1 heterocycles. The summed E-state index contributed by atoms with van der Waals surface area (Å²) < 4.78 is 4.78. The van der Waals surface area contributed by atoms with Crippen molar-refractivity contribution in [3.05, 3.63) is 24.0 Å². The Kier molecular flexibility index (Phi) is 5.59. The van der Waals surface area contributed by atoms with Crippen LogP contribution in [0.1, 0.15) is 10.4 Å². The van der Waals surface area contributed by atoms with E-state index in [2.05, 4.69) is 15.6 Å². The molecule has 0 atom stereocenters. The molecule has 18 heavy (non-hydrogen) atoms. The number of ether oxygens (including phenoxy) is 1. The van der Waals surface area contributed by atoms with Crippen molar-refractivity contribution in [2.75, 3.05) is 32.5 Å². The highest BCUT2D eigenvalue weighted by Crippen LogP contribution is 2.07. The number of methoxy groups -OCH3 is 1. The van der Waals surface area contributed by atoms with Crippen LogP contribution in [0.4, 0.5) is 5.69 Å². The Balaban J connectivity index is 2.38. The van der Waals surface area contributed by atoms with E-state index in [0.717, 1.165) is 0 Å². The van der Waals surface area contributed by atoms with Gasteiger partial charge in [-0.05, 0) is 6.07 Å². The van der Waals surface area contributed by atoms with Gasteiger partial charge in [0.25, 0.3) is 5.91 Å². The number of carbonyl (C=O) groups is 2. The Morgan fingerprint density at radius 3 is 2.89 bits per heavy atom. The van der Waals surface area contributed by atoms with E-state index in [4.69, 9.17) is 10.5 Å². The van der Waals surface area contributed by atoms with Crippen LogP contribution >= 0.6 is 0 Å². The molecular weight excluding hydrogens is 236 g/mol. The minimum Gasteiger partial charge on any atom is -0.398 e. The van der Waals surface area contributed by atoms with Crippen LogP contribution in [0.5, 0.6) is 0 Å². The number of nitrogens with zero attached hydrogens (tertiary/aromatic N) is 1. The second kappa shape index (κ2) is 7.23. The molecule has 1 aromatic heterocycles. The summed E-state index contributed by atoms with van der Waals surface area (Å²) in [5.74, 6) is -0.717. The number of carbonyl (C=O) groups excluding carboxylic acids is 2. The third-order valence-electron chi connectivity index (χ3n) is 2.14. The molecular formula is C11H16N4O3. The minimum absolute atomic E-state index is 0.114. The first-order chi connectivity index (χ1) is 8.65. The largest absolute Gasteiger partial charge is 0.398 e. The molecule has 7 heteroatoms. The van der Waals surface area contributed by atoms with Gasteiger partial charge in [0, 0.05) is 31.7 Å². The number of aromatic nitrogens is 1. The van der Waals surface area contributed by atoms with Crippen LogP contribution in [0, 0.1) is 0 Å². The fraction of sp³-hybridized carbons (Fsp3) is 0.364. The van der Waals surface area contributed by atoms with Crippen molar-refractivity contribution in [3.63, 3.8) is 0 Å². The molecule has 7 nitrogen and oxygen atoms in total. The lowest BCUT2D eigenvalue weighted by atomic mass is 10.2. The molecule has 0 bridgehead atoms. The smallest absolute Gasteiger partial charge is 0.255 e. The van der Waals surface area contributed by atoms with E-state index in [1.54, 1.807) is 7.11 Å². The Morgan fingerprint density at radius 1 is 1.44 bits per heavy atom. The summed E-state index contributed by atoms with van der Waals surface area (Å²) in [6.45, 7) is 0.715. The number of anilines is 1. The SMILES string of the molecule is COCCNC(=O)CNC(=O)c1cnccc1N. The number of hydrogen-bond donors (Lipinski definition) is 3. The Bertz CT molecular complexity index is 423. The van der Waals surface area contributed by atoms with Crippen LogP contribution in [0.2, 0.25) is 0 Å². The normalized spacial score (nSPS) is 9.83. The molecule has 4 N–H and O–H groups in total. The number of rotatable bonds is 6. The molecule has 0 aliphatic carbocycles. The van der Waals surface area contributed by atoms with Gasteiger partial charge >= 0.3 is 0 Å². The second-order valence-corrected chi connectivity index (χ2v) is 3.49. The first-order valence-electron chi connectivity index (χ1n) is 5.38. The summed E-state index contributed by atoms with van der Waals surface area (Å²) in [6.07, 6.45) is 2.84. The molecule has 0 aliphatic heterocycles. The molecule has 1 aromatic rings. The zero-order valence-corrected chi connectivity index (χ0v) is 10.1. The number of nitrogens with one attached hydrogen (secondary N) is 2. The van der Waals surface area contributed by atoms with Gasteiger partial charge in [0.05, 0.1) is 18.7 Å². The van der Waals surface area contributed by atoms with Crippen molar-refractivity contribution in [2.24, 2.45) is 0 Å². The second-order valence-electron chi connectivity index (χ2n) is 3.49. The fourth-order valence-electron chi connectivity index (χ4n) is 1.21. The molecule has 0 radical (unpaired) electrons. The Morgan fingerprint density at radius 2 is 2.22 bits per heavy atom. The number of nitrogen functional groups attached to an aromatic ring is 1. The number of pyridine rings is 1. The maximum atomic E-state index is 11.7. The average molecular weight is 252 g/mol. The molecule has 0 spiro atoms. The summed E-state index contributed by atoms with van der Waals surface area (Å²) >= 11 is 0. The Labute approximate surface area is 105 Å². The van der Waals surface area contributed by atoms with Crippen molar-refractivity contribution in [3.8, 4) is 0 Å². The molecule has 0 aliphatic rings. The summed E-state index contributed by atoms with van der Waals surface area (Å²) in [5.41, 5.74) is 6.18. The van der Waals surface area contributed by atoms with Gasteiger partial charge in [-0.15, -0.1) is 0 Å². The molecule has 1 rings (SSSR count). The quantitative estimate of drug-likeness (QED) is 0.572. The zero-order chi connectivity index (χ0) is 13.4. The lowest BCUT2D eigenvalue weighted by molar-refractivity contribution is -0.120. The zero-order valence-electron chi connectivity index (χ0n) is 10.1. The highest BCUT2D eigenvalue weighted by Gasteiger charge is 2.10. The number of hydrogen-bond acceptors (Lipinski definition) is 5. The van der Waals surface area contributed by atoms with Crippen molar-refractivity contribution < 1.29 is 14.3 Å². The minimum atomic E-state index is -0.428. The topological polar surface area (TPSA) is 106 Å². The van der Waals surface area contributed by atoms with Crippen molar-refractivity contribution in [1.82, 2.24) is 15.6 Å². The first kappa shape index (κ1) is 13.9. The van der Waals surface area contributed by atoms with Crippen LogP contribution in [0.25, 0.3) is 0 Å². The predicted octanol–water partition coefficient (Wildman–Crippen LogP) is -0.844. The van der Waals surface area contributed by atoms with Gasteiger partial charge < -0.3 is 21.1 Å². The van der Waals surface area contributed by atoms with Crippen LogP contribution in [-0.4, -0.2) is 43.6 Å².